The first-order valence-electron chi connectivity index (χ1n) is 10.2. The molecule has 9 heteroatoms. The maximum atomic E-state index is 12.9. The number of rotatable bonds is 6. The number of benzene rings is 3. The first-order valence-corrected chi connectivity index (χ1v) is 10.5. The van der Waals surface area contributed by atoms with Gasteiger partial charge >= 0.3 is 6.03 Å². The molecule has 0 saturated carbocycles. The molecule has 1 saturated heterocycles. The molecule has 4 rings (SSSR count). The van der Waals surface area contributed by atoms with Crippen LogP contribution < -0.4 is 20.3 Å². The van der Waals surface area contributed by atoms with Gasteiger partial charge in [0.1, 0.15) is 11.3 Å². The van der Waals surface area contributed by atoms with E-state index in [9.17, 15) is 19.2 Å². The number of hydrogen-bond acceptors (Lipinski definition) is 5. The van der Waals surface area contributed by atoms with Gasteiger partial charge in [0.15, 0.2) is 6.61 Å². The number of anilines is 2. The highest BCUT2D eigenvalue weighted by Crippen LogP contribution is 2.28. The van der Waals surface area contributed by atoms with Crippen molar-refractivity contribution in [3.63, 3.8) is 0 Å². The molecule has 5 amide bonds. The maximum Gasteiger partial charge on any atom is 0.335 e. The fourth-order valence-electron chi connectivity index (χ4n) is 3.22. The summed E-state index contributed by atoms with van der Waals surface area (Å²) >= 11 is 6.28. The van der Waals surface area contributed by atoms with Crippen molar-refractivity contribution in [3.8, 4) is 5.75 Å². The molecule has 1 fully saturated rings. The van der Waals surface area contributed by atoms with E-state index in [1.54, 1.807) is 60.7 Å². The molecular weight excluding hydrogens is 458 g/mol. The highest BCUT2D eigenvalue weighted by Gasteiger charge is 2.36. The maximum absolute atomic E-state index is 12.9. The van der Waals surface area contributed by atoms with Crippen molar-refractivity contribution in [3.05, 3.63) is 95.0 Å². The number of barbiturate groups is 1. The Bertz CT molecular complexity index is 1290. The summed E-state index contributed by atoms with van der Waals surface area (Å²) in [5.74, 6) is -1.67. The Morgan fingerprint density at radius 3 is 2.32 bits per heavy atom. The van der Waals surface area contributed by atoms with Crippen LogP contribution in [0.1, 0.15) is 5.56 Å². The molecule has 1 heterocycles. The van der Waals surface area contributed by atoms with E-state index < -0.39 is 17.8 Å². The predicted octanol–water partition coefficient (Wildman–Crippen LogP) is 4.02. The molecule has 170 valence electrons. The molecule has 3 aromatic rings. The summed E-state index contributed by atoms with van der Waals surface area (Å²) in [5.41, 5.74) is 1.18. The molecular formula is C25H18ClN3O5. The first-order chi connectivity index (χ1) is 16.4. The number of nitrogens with zero attached hydrogens (tertiary/aromatic N) is 1. The Morgan fingerprint density at radius 1 is 0.971 bits per heavy atom. The zero-order valence-electron chi connectivity index (χ0n) is 17.7. The van der Waals surface area contributed by atoms with E-state index in [0.717, 1.165) is 4.90 Å². The van der Waals surface area contributed by atoms with E-state index in [-0.39, 0.29) is 28.9 Å². The van der Waals surface area contributed by atoms with Crippen LogP contribution in [-0.4, -0.2) is 30.4 Å². The molecule has 2 N–H and O–H groups in total. The van der Waals surface area contributed by atoms with Crippen LogP contribution in [-0.2, 0) is 14.4 Å². The number of para-hydroxylation sites is 2. The molecule has 0 aliphatic carbocycles. The number of amides is 5. The predicted molar refractivity (Wildman–Crippen MR) is 127 cm³/mol. The molecule has 0 aromatic heterocycles. The van der Waals surface area contributed by atoms with Crippen molar-refractivity contribution in [2.75, 3.05) is 16.8 Å². The van der Waals surface area contributed by atoms with Gasteiger partial charge in [-0.05, 0) is 48.0 Å². The number of hydrogen-bond donors (Lipinski definition) is 2. The summed E-state index contributed by atoms with van der Waals surface area (Å²) < 4.78 is 5.48. The second-order valence-electron chi connectivity index (χ2n) is 7.19. The van der Waals surface area contributed by atoms with Gasteiger partial charge in [-0.2, -0.15) is 0 Å². The van der Waals surface area contributed by atoms with Crippen LogP contribution in [0, 0.1) is 0 Å². The van der Waals surface area contributed by atoms with Gasteiger partial charge in [-0.15, -0.1) is 0 Å². The zero-order chi connectivity index (χ0) is 24.1. The van der Waals surface area contributed by atoms with Crippen molar-refractivity contribution in [1.82, 2.24) is 5.32 Å². The van der Waals surface area contributed by atoms with Gasteiger partial charge in [0.25, 0.3) is 17.7 Å². The topological polar surface area (TPSA) is 105 Å². The summed E-state index contributed by atoms with van der Waals surface area (Å²) in [4.78, 5) is 50.4. The highest BCUT2D eigenvalue weighted by atomic mass is 35.5. The van der Waals surface area contributed by atoms with Gasteiger partial charge in [-0.3, -0.25) is 19.7 Å². The van der Waals surface area contributed by atoms with Gasteiger partial charge in [-0.1, -0.05) is 54.1 Å². The standard InChI is InChI=1S/C25H18ClN3O5/c26-20-14-16(11-12-21(20)34-15-22(30)27-17-7-3-1-4-8-17)13-19-23(31)28-25(33)29(24(19)32)18-9-5-2-6-10-18/h1-14H,15H2,(H,27,30)(H,28,31,33)/b19-13+. The minimum absolute atomic E-state index is 0.182. The van der Waals surface area contributed by atoms with E-state index in [1.807, 2.05) is 6.07 Å². The molecule has 0 radical (unpaired) electrons. The van der Waals surface area contributed by atoms with Crippen molar-refractivity contribution < 1.29 is 23.9 Å². The Hall–Kier alpha value is -4.43. The van der Waals surface area contributed by atoms with E-state index in [4.69, 9.17) is 16.3 Å². The lowest BCUT2D eigenvalue weighted by molar-refractivity contribution is -0.122. The van der Waals surface area contributed by atoms with Gasteiger partial charge in [0.05, 0.1) is 10.7 Å². The summed E-state index contributed by atoms with van der Waals surface area (Å²) in [7, 11) is 0. The molecule has 0 atom stereocenters. The third kappa shape index (κ3) is 5.13. The van der Waals surface area contributed by atoms with Gasteiger partial charge in [0, 0.05) is 5.69 Å². The molecule has 3 aromatic carbocycles. The van der Waals surface area contributed by atoms with Crippen LogP contribution in [0.2, 0.25) is 5.02 Å². The molecule has 1 aliphatic rings. The van der Waals surface area contributed by atoms with Gasteiger partial charge in [0.2, 0.25) is 0 Å². The average Bonchev–Trinajstić information content (AvgIpc) is 2.82. The minimum atomic E-state index is -0.825. The smallest absolute Gasteiger partial charge is 0.335 e. The van der Waals surface area contributed by atoms with Gasteiger partial charge in [-0.25, -0.2) is 9.69 Å². The quantitative estimate of drug-likeness (QED) is 0.414. The summed E-state index contributed by atoms with van der Waals surface area (Å²) in [5, 5.41) is 5.04. The van der Waals surface area contributed by atoms with E-state index in [2.05, 4.69) is 10.6 Å². The van der Waals surface area contributed by atoms with E-state index in [0.29, 0.717) is 16.9 Å². The van der Waals surface area contributed by atoms with E-state index >= 15 is 0 Å². The number of halogens is 1. The van der Waals surface area contributed by atoms with Crippen molar-refractivity contribution in [1.29, 1.82) is 0 Å². The Labute approximate surface area is 199 Å². The fourth-order valence-corrected chi connectivity index (χ4v) is 3.47. The van der Waals surface area contributed by atoms with Gasteiger partial charge < -0.3 is 10.1 Å². The van der Waals surface area contributed by atoms with Crippen LogP contribution in [0.5, 0.6) is 5.75 Å². The third-order valence-electron chi connectivity index (χ3n) is 4.80. The number of urea groups is 1. The van der Waals surface area contributed by atoms with Crippen LogP contribution in [0.4, 0.5) is 16.2 Å². The molecule has 34 heavy (non-hydrogen) atoms. The largest absolute Gasteiger partial charge is 0.482 e. The number of ether oxygens (including phenoxy) is 1. The number of carbonyl (C=O) groups excluding carboxylic acids is 4. The lowest BCUT2D eigenvalue weighted by atomic mass is 10.1. The molecule has 0 bridgehead atoms. The molecule has 0 spiro atoms. The number of imide groups is 2. The second-order valence-corrected chi connectivity index (χ2v) is 7.59. The Balaban J connectivity index is 1.48. The Kier molecular flexibility index (Phi) is 6.70. The van der Waals surface area contributed by atoms with E-state index in [1.165, 1.54) is 18.2 Å². The highest BCUT2D eigenvalue weighted by molar-refractivity contribution is 6.39. The second kappa shape index (κ2) is 10.0. The van der Waals surface area contributed by atoms with Crippen molar-refractivity contribution >= 4 is 52.8 Å². The zero-order valence-corrected chi connectivity index (χ0v) is 18.4. The summed E-state index contributed by atoms with van der Waals surface area (Å²) in [6, 6.07) is 21.0. The molecule has 1 aliphatic heterocycles. The third-order valence-corrected chi connectivity index (χ3v) is 5.09. The summed E-state index contributed by atoms with van der Waals surface area (Å²) in [6.07, 6.45) is 1.33. The van der Waals surface area contributed by atoms with Crippen LogP contribution >= 0.6 is 11.6 Å². The molecule has 8 nitrogen and oxygen atoms in total. The van der Waals surface area contributed by atoms with Crippen LogP contribution in [0.25, 0.3) is 6.08 Å². The monoisotopic (exact) mass is 475 g/mol. The van der Waals surface area contributed by atoms with Crippen LogP contribution in [0.3, 0.4) is 0 Å². The molecule has 0 unspecified atom stereocenters. The average molecular weight is 476 g/mol. The van der Waals surface area contributed by atoms with Crippen LogP contribution in [0.15, 0.2) is 84.4 Å². The lowest BCUT2D eigenvalue weighted by Crippen LogP contribution is -2.54. The first kappa shape index (κ1) is 22.8. The number of carbonyl (C=O) groups is 4. The number of nitrogens with one attached hydrogen (secondary N) is 2. The summed E-state index contributed by atoms with van der Waals surface area (Å²) in [6.45, 7) is -0.260. The Morgan fingerprint density at radius 2 is 1.65 bits per heavy atom. The normalized spacial score (nSPS) is 14.7. The van der Waals surface area contributed by atoms with Crippen molar-refractivity contribution in [2.45, 2.75) is 0 Å². The fraction of sp³-hybridized carbons (Fsp3) is 0.0400. The SMILES string of the molecule is O=C(COc1ccc(/C=C2\C(=O)NC(=O)N(c3ccccc3)C2=O)cc1Cl)Nc1ccccc1. The van der Waals surface area contributed by atoms with Crippen molar-refractivity contribution in [2.24, 2.45) is 0 Å². The minimum Gasteiger partial charge on any atom is -0.482 e. The lowest BCUT2D eigenvalue weighted by Gasteiger charge is -2.26.